The maximum absolute atomic E-state index is 14.1. The first kappa shape index (κ1) is 54.0. The molecule has 0 unspecified atom stereocenters. The summed E-state index contributed by atoms with van der Waals surface area (Å²) in [5.41, 5.74) is 8.24. The van der Waals surface area contributed by atoms with Gasteiger partial charge in [-0.3, -0.25) is 19.2 Å². The highest BCUT2D eigenvalue weighted by Gasteiger charge is 2.30. The fourth-order valence-electron chi connectivity index (χ4n) is 6.43. The standard InChI is InChI=1S/C48H56N8O12/c1-4-29-65-45(61)50-26-14-11-20-37(42(49)58)53-43(59)38(21-12-15-27-51-46(62)66-30-5-2)54-44(60)39(22-13-16-28-52-47(63)67-31-6-3)55-48(64)68-33-41(57)56-32-36-19-8-7-17-34(36)24-25-35-18-9-10-23-40(35)56/h1-3,7-10,17-19,23,37-39H,11-16,20-22,26-33H2,(H2,49,58)(H,50,61)(H,51,62)(H,52,63)(H,53,59)(H,54,60)(H,55,64)/t37-,38-,39-/m0/s1. The summed E-state index contributed by atoms with van der Waals surface area (Å²) in [6.07, 6.45) is 13.9. The number of anilines is 1. The summed E-state index contributed by atoms with van der Waals surface area (Å²) >= 11 is 0. The molecule has 8 N–H and O–H groups in total. The summed E-state index contributed by atoms with van der Waals surface area (Å²) in [4.78, 5) is 104. The van der Waals surface area contributed by atoms with Crippen LogP contribution in [0.4, 0.5) is 24.9 Å². The third-order valence-electron chi connectivity index (χ3n) is 9.83. The van der Waals surface area contributed by atoms with Crippen molar-refractivity contribution in [3.63, 3.8) is 0 Å². The Balaban J connectivity index is 1.76. The number of unbranched alkanes of at least 4 members (excludes halogenated alkanes) is 3. The van der Waals surface area contributed by atoms with Crippen LogP contribution in [0.25, 0.3) is 0 Å². The van der Waals surface area contributed by atoms with Crippen molar-refractivity contribution in [3.05, 3.63) is 65.2 Å². The number of nitrogens with one attached hydrogen (secondary N) is 6. The molecule has 360 valence electrons. The molecule has 20 heteroatoms. The largest absolute Gasteiger partial charge is 0.439 e. The van der Waals surface area contributed by atoms with E-state index in [0.717, 1.165) is 11.1 Å². The van der Waals surface area contributed by atoms with Crippen LogP contribution in [0.15, 0.2) is 48.5 Å². The second kappa shape index (κ2) is 30.7. The molecule has 3 atom stereocenters. The summed E-state index contributed by atoms with van der Waals surface area (Å²) < 4.78 is 19.7. The number of alkyl carbamates (subject to hydrolysis) is 4. The highest BCUT2D eigenvalue weighted by atomic mass is 16.6. The lowest BCUT2D eigenvalue weighted by atomic mass is 10.0. The fraction of sp³-hybridized carbons (Fsp3) is 0.417. The fourth-order valence-corrected chi connectivity index (χ4v) is 6.43. The van der Waals surface area contributed by atoms with Crippen LogP contribution in [0, 0.1) is 48.9 Å². The first-order chi connectivity index (χ1) is 32.9. The van der Waals surface area contributed by atoms with E-state index in [1.165, 1.54) is 4.90 Å². The molecule has 1 aliphatic rings. The van der Waals surface area contributed by atoms with E-state index in [2.05, 4.69) is 61.5 Å². The zero-order valence-electron chi connectivity index (χ0n) is 37.5. The molecule has 3 rings (SSSR count). The van der Waals surface area contributed by atoms with Gasteiger partial charge in [0.05, 0.1) is 12.2 Å². The average molecular weight is 937 g/mol. The van der Waals surface area contributed by atoms with E-state index in [0.29, 0.717) is 36.9 Å². The Labute approximate surface area is 395 Å². The molecule has 0 fully saturated rings. The number of primary amides is 1. The Hall–Kier alpha value is -8.36. The van der Waals surface area contributed by atoms with Gasteiger partial charge in [0.25, 0.3) is 5.91 Å². The van der Waals surface area contributed by atoms with Crippen LogP contribution in [0.3, 0.4) is 0 Å². The topological polar surface area (TPSA) is 275 Å². The molecule has 1 heterocycles. The molecule has 68 heavy (non-hydrogen) atoms. The summed E-state index contributed by atoms with van der Waals surface area (Å²) in [5.74, 6) is 9.73. The van der Waals surface area contributed by atoms with Gasteiger partial charge in [-0.05, 0) is 81.5 Å². The van der Waals surface area contributed by atoms with Gasteiger partial charge in [0.2, 0.25) is 17.7 Å². The molecular formula is C48H56N8O12. The minimum Gasteiger partial charge on any atom is -0.439 e. The molecule has 0 spiro atoms. The number of ether oxygens (including phenoxy) is 4. The lowest BCUT2D eigenvalue weighted by molar-refractivity contribution is -0.132. The van der Waals surface area contributed by atoms with Crippen molar-refractivity contribution < 1.29 is 57.3 Å². The van der Waals surface area contributed by atoms with E-state index in [1.54, 1.807) is 24.3 Å². The van der Waals surface area contributed by atoms with Gasteiger partial charge in [-0.2, -0.15) is 0 Å². The van der Waals surface area contributed by atoms with Crippen LogP contribution < -0.4 is 42.5 Å². The number of nitrogens with two attached hydrogens (primary N) is 1. The number of para-hydroxylation sites is 1. The van der Waals surface area contributed by atoms with Gasteiger partial charge in [0.1, 0.15) is 18.1 Å². The molecule has 2 aromatic carbocycles. The van der Waals surface area contributed by atoms with Crippen LogP contribution >= 0.6 is 0 Å². The molecule has 0 saturated carbocycles. The number of benzene rings is 2. The number of carbonyl (C=O) groups is 8. The molecule has 0 bridgehead atoms. The minimum atomic E-state index is -1.34. The van der Waals surface area contributed by atoms with Crippen LogP contribution in [0.5, 0.6) is 0 Å². The van der Waals surface area contributed by atoms with Crippen LogP contribution in [0.1, 0.15) is 74.5 Å². The van der Waals surface area contributed by atoms with Gasteiger partial charge < -0.3 is 61.5 Å². The Bertz CT molecular complexity index is 2270. The maximum Gasteiger partial charge on any atom is 0.408 e. The first-order valence-corrected chi connectivity index (χ1v) is 21.7. The molecule has 0 saturated heterocycles. The van der Waals surface area contributed by atoms with Gasteiger partial charge in [-0.25, -0.2) is 19.2 Å². The average Bonchev–Trinajstić information content (AvgIpc) is 3.32. The normalized spacial score (nSPS) is 12.1. The van der Waals surface area contributed by atoms with E-state index in [4.69, 9.17) is 44.0 Å². The molecule has 2 aromatic rings. The van der Waals surface area contributed by atoms with Crippen LogP contribution in [-0.2, 0) is 44.7 Å². The Morgan fingerprint density at radius 3 is 1.53 bits per heavy atom. The zero-order valence-corrected chi connectivity index (χ0v) is 37.5. The van der Waals surface area contributed by atoms with Crippen LogP contribution in [0.2, 0.25) is 0 Å². The predicted octanol–water partition coefficient (Wildman–Crippen LogP) is 2.07. The molecule has 0 aliphatic carbocycles. The zero-order chi connectivity index (χ0) is 49.5. The van der Waals surface area contributed by atoms with Crippen molar-refractivity contribution in [1.82, 2.24) is 31.9 Å². The maximum atomic E-state index is 14.1. The number of carbonyl (C=O) groups excluding carboxylic acids is 8. The number of rotatable bonds is 26. The highest BCUT2D eigenvalue weighted by Crippen LogP contribution is 2.25. The molecule has 0 radical (unpaired) electrons. The summed E-state index contributed by atoms with van der Waals surface area (Å²) in [6.45, 7) is -0.830. The Morgan fingerprint density at radius 1 is 0.574 bits per heavy atom. The van der Waals surface area contributed by atoms with Gasteiger partial charge in [-0.15, -0.1) is 19.3 Å². The molecular weight excluding hydrogens is 881 g/mol. The van der Waals surface area contributed by atoms with E-state index >= 15 is 0 Å². The second-order valence-corrected chi connectivity index (χ2v) is 14.8. The summed E-state index contributed by atoms with van der Waals surface area (Å²) in [7, 11) is 0. The second-order valence-electron chi connectivity index (χ2n) is 14.8. The summed E-state index contributed by atoms with van der Waals surface area (Å²) in [6, 6.07) is 10.6. The van der Waals surface area contributed by atoms with Gasteiger partial charge in [0.15, 0.2) is 26.4 Å². The molecule has 20 nitrogen and oxygen atoms in total. The van der Waals surface area contributed by atoms with E-state index < -0.39 is 72.7 Å². The van der Waals surface area contributed by atoms with Crippen molar-refractivity contribution >= 4 is 53.7 Å². The molecule has 0 aromatic heterocycles. The van der Waals surface area contributed by atoms with Gasteiger partial charge >= 0.3 is 24.4 Å². The van der Waals surface area contributed by atoms with E-state index in [-0.39, 0.29) is 78.1 Å². The number of fused-ring (bicyclic) bond motifs is 2. The number of amides is 8. The SMILES string of the molecule is C#CCOC(=O)NCCCC[C@H](NC(=O)[C@H](CCCCNC(=O)OCC#C)NC(=O)[C@H](CCCCNC(=O)OCC#C)NC(=O)OCC(=O)N1Cc2ccccc2C#Cc2ccccc21)C(N)=O. The molecule has 8 amide bonds. The van der Waals surface area contributed by atoms with E-state index in [9.17, 15) is 38.4 Å². The van der Waals surface area contributed by atoms with Crippen molar-refractivity contribution in [3.8, 4) is 48.9 Å². The number of hydrogen-bond acceptors (Lipinski definition) is 12. The van der Waals surface area contributed by atoms with Gasteiger partial charge in [0, 0.05) is 30.8 Å². The first-order valence-electron chi connectivity index (χ1n) is 21.7. The number of nitrogens with zero attached hydrogens (tertiary/aromatic N) is 1. The monoisotopic (exact) mass is 936 g/mol. The number of hydrogen-bond donors (Lipinski definition) is 7. The Morgan fingerprint density at radius 2 is 1.01 bits per heavy atom. The van der Waals surface area contributed by atoms with Crippen molar-refractivity contribution in [2.75, 3.05) is 51.0 Å². The molecule has 1 aliphatic heterocycles. The third kappa shape index (κ3) is 20.2. The van der Waals surface area contributed by atoms with Crippen molar-refractivity contribution in [2.45, 2.75) is 82.5 Å². The summed E-state index contributed by atoms with van der Waals surface area (Å²) in [5, 5.41) is 15.3. The van der Waals surface area contributed by atoms with Crippen molar-refractivity contribution in [1.29, 1.82) is 0 Å². The van der Waals surface area contributed by atoms with Crippen LogP contribution in [-0.4, -0.2) is 112 Å². The number of terminal acetylenes is 3. The lowest BCUT2D eigenvalue weighted by Gasteiger charge is -2.26. The highest BCUT2D eigenvalue weighted by molar-refractivity contribution is 5.97. The third-order valence-corrected chi connectivity index (χ3v) is 9.83. The van der Waals surface area contributed by atoms with Gasteiger partial charge in [-0.1, -0.05) is 59.9 Å². The Kier molecular flexibility index (Phi) is 24.4. The smallest absolute Gasteiger partial charge is 0.408 e. The van der Waals surface area contributed by atoms with E-state index in [1.807, 2.05) is 24.3 Å². The van der Waals surface area contributed by atoms with Crippen molar-refractivity contribution in [2.24, 2.45) is 5.73 Å². The lowest BCUT2D eigenvalue weighted by Crippen LogP contribution is -2.56. The predicted molar refractivity (Wildman–Crippen MR) is 247 cm³/mol. The minimum absolute atomic E-state index is 0.00595. The quantitative estimate of drug-likeness (QED) is 0.0406.